The maximum absolute atomic E-state index is 15.2. The van der Waals surface area contributed by atoms with Crippen molar-refractivity contribution in [2.24, 2.45) is 23.5 Å². The molecule has 3 aliphatic carbocycles. The highest BCUT2D eigenvalue weighted by Gasteiger charge is 2.84. The average Bonchev–Trinajstić information content (AvgIpc) is 3.25. The molecular formula is C44H48N2O9. The number of hydrogen-bond acceptors (Lipinski definition) is 11. The number of carbonyl (C=O) groups is 3. The minimum atomic E-state index is -1.63. The highest BCUT2D eigenvalue weighted by molar-refractivity contribution is 6.03. The number of nitrogens with two attached hydrogens (primary N) is 1. The van der Waals surface area contributed by atoms with E-state index in [1.165, 1.54) is 12.7 Å². The first-order valence-electron chi connectivity index (χ1n) is 19.1. The van der Waals surface area contributed by atoms with E-state index in [1.807, 2.05) is 40.7 Å². The molecule has 6 atom stereocenters. The van der Waals surface area contributed by atoms with Crippen molar-refractivity contribution >= 4 is 29.1 Å². The van der Waals surface area contributed by atoms with E-state index in [0.717, 1.165) is 17.6 Å². The first kappa shape index (κ1) is 36.9. The SMILES string of the molecule is COC(=O)/C(C)=C\CC12OC(C)(C)C3CC(C1=O)C1C(C#N)=C(N)OC4=C1C32Oc1c(CC=C(C)C)c2c3c(c14)OC(=O)CC3=CC(C)(CCC=C(C)C)O2. The number of nitriles is 1. The van der Waals surface area contributed by atoms with Crippen LogP contribution in [0.25, 0.3) is 11.3 Å². The lowest BCUT2D eigenvalue weighted by Gasteiger charge is -2.61. The standard InChI is InChI=1S/C44H48N2O9/c1-21(2)11-10-15-42(8)19-24-17-29(47)51-36-30(24)34(53-42)25(13-12-22(3)4)35-32(36)37-33-31(27(20-45)39(46)52-37)26-18-28-41(6,7)55-43(38(26)48,44(28,33)54-35)16-14-23(5)40(49)50-9/h11-12,14,19,26,28,31H,10,13,15-18,46H2,1-9H3/b23-14-. The second kappa shape index (κ2) is 12.2. The fraction of sp³-hybridized carbons (Fsp3) is 0.500. The van der Waals surface area contributed by atoms with Crippen molar-refractivity contribution in [3.05, 3.63) is 74.7 Å². The minimum Gasteiger partial charge on any atom is -0.482 e. The molecule has 1 aromatic rings. The highest BCUT2D eigenvalue weighted by atomic mass is 16.6. The molecule has 9 rings (SSSR count). The van der Waals surface area contributed by atoms with Gasteiger partial charge in [-0.05, 0) is 92.7 Å². The maximum Gasteiger partial charge on any atom is 0.333 e. The lowest BCUT2D eigenvalue weighted by molar-refractivity contribution is -0.181. The van der Waals surface area contributed by atoms with Crippen molar-refractivity contribution in [1.82, 2.24) is 0 Å². The summed E-state index contributed by atoms with van der Waals surface area (Å²) in [6.07, 6.45) is 10.2. The largest absolute Gasteiger partial charge is 0.482 e. The van der Waals surface area contributed by atoms with E-state index in [4.69, 9.17) is 34.2 Å². The van der Waals surface area contributed by atoms with Gasteiger partial charge in [-0.3, -0.25) is 9.59 Å². The van der Waals surface area contributed by atoms with Gasteiger partial charge < -0.3 is 34.2 Å². The summed E-state index contributed by atoms with van der Waals surface area (Å²) >= 11 is 0. The van der Waals surface area contributed by atoms with Crippen molar-refractivity contribution in [3.63, 3.8) is 0 Å². The molecule has 11 heteroatoms. The molecule has 2 N–H and O–H groups in total. The summed E-state index contributed by atoms with van der Waals surface area (Å²) in [5.74, 6) is -1.76. The Morgan fingerprint density at radius 3 is 2.38 bits per heavy atom. The van der Waals surface area contributed by atoms with E-state index < -0.39 is 52.1 Å². The van der Waals surface area contributed by atoms with E-state index in [0.29, 0.717) is 64.4 Å². The van der Waals surface area contributed by atoms with Crippen molar-refractivity contribution < 1.29 is 42.8 Å². The lowest BCUT2D eigenvalue weighted by atomic mass is 9.45. The molecule has 1 aromatic carbocycles. The quantitative estimate of drug-likeness (QED) is 0.124. The third-order valence-corrected chi connectivity index (χ3v) is 12.6. The predicted molar refractivity (Wildman–Crippen MR) is 202 cm³/mol. The van der Waals surface area contributed by atoms with Gasteiger partial charge in [0.05, 0.1) is 30.3 Å². The van der Waals surface area contributed by atoms with E-state index >= 15 is 4.79 Å². The molecule has 5 heterocycles. The van der Waals surface area contributed by atoms with Crippen LogP contribution in [-0.2, 0) is 35.0 Å². The average molecular weight is 749 g/mol. The summed E-state index contributed by atoms with van der Waals surface area (Å²) in [5.41, 5.74) is 7.64. The fourth-order valence-corrected chi connectivity index (χ4v) is 10.4. The number of ether oxygens (including phenoxy) is 6. The highest BCUT2D eigenvalue weighted by Crippen LogP contribution is 2.74. The summed E-state index contributed by atoms with van der Waals surface area (Å²) < 4.78 is 39.5. The molecule has 1 saturated heterocycles. The van der Waals surface area contributed by atoms with Gasteiger partial charge in [-0.2, -0.15) is 5.26 Å². The van der Waals surface area contributed by atoms with Gasteiger partial charge in [0.15, 0.2) is 22.7 Å². The van der Waals surface area contributed by atoms with E-state index in [-0.39, 0.29) is 35.8 Å². The summed E-state index contributed by atoms with van der Waals surface area (Å²) in [6.45, 7) is 15.7. The van der Waals surface area contributed by atoms with E-state index in [9.17, 15) is 14.9 Å². The fourth-order valence-electron chi connectivity index (χ4n) is 10.4. The van der Waals surface area contributed by atoms with Gasteiger partial charge in [0.2, 0.25) is 5.88 Å². The maximum atomic E-state index is 15.2. The number of ketones is 1. The van der Waals surface area contributed by atoms with Gasteiger partial charge in [0.25, 0.3) is 0 Å². The molecule has 6 unspecified atom stereocenters. The monoisotopic (exact) mass is 748 g/mol. The van der Waals surface area contributed by atoms with E-state index in [2.05, 4.69) is 32.1 Å². The molecule has 11 nitrogen and oxygen atoms in total. The summed E-state index contributed by atoms with van der Waals surface area (Å²) in [4.78, 5) is 41.5. The number of allylic oxidation sites excluding steroid dienone is 5. The van der Waals surface area contributed by atoms with E-state index in [1.54, 1.807) is 13.0 Å². The third kappa shape index (κ3) is 4.99. The summed E-state index contributed by atoms with van der Waals surface area (Å²) in [7, 11) is 1.31. The van der Waals surface area contributed by atoms with Crippen LogP contribution in [0.15, 0.2) is 58.1 Å². The number of Topliss-reactive ketones (excluding diaryl/α,β-unsaturated/α-hetero) is 1. The number of hydrogen-bond donors (Lipinski definition) is 1. The van der Waals surface area contributed by atoms with Crippen LogP contribution in [0, 0.1) is 29.1 Å². The number of carbonyl (C=O) groups excluding carboxylic acids is 3. The number of rotatable bonds is 8. The Labute approximate surface area is 321 Å². The molecule has 0 amide bonds. The molecule has 288 valence electrons. The second-order valence-corrected chi connectivity index (χ2v) is 17.2. The van der Waals surface area contributed by atoms with Gasteiger partial charge in [-0.15, -0.1) is 0 Å². The first-order valence-corrected chi connectivity index (χ1v) is 19.1. The van der Waals surface area contributed by atoms with Crippen LogP contribution >= 0.6 is 0 Å². The van der Waals surface area contributed by atoms with Crippen molar-refractivity contribution in [3.8, 4) is 23.3 Å². The number of benzene rings is 1. The van der Waals surface area contributed by atoms with Crippen molar-refractivity contribution in [2.75, 3.05) is 7.11 Å². The van der Waals surface area contributed by atoms with Crippen LogP contribution in [0.1, 0.15) is 104 Å². The normalized spacial score (nSPS) is 31.4. The summed E-state index contributed by atoms with van der Waals surface area (Å²) in [5, 5.41) is 10.6. The van der Waals surface area contributed by atoms with Crippen LogP contribution in [-0.4, -0.2) is 47.2 Å². The molecule has 1 spiro atoms. The molecule has 3 saturated carbocycles. The van der Waals surface area contributed by atoms with Gasteiger partial charge in [0, 0.05) is 40.9 Å². The van der Waals surface area contributed by atoms with Crippen LogP contribution < -0.4 is 19.9 Å². The molecular weight excluding hydrogens is 700 g/mol. The number of methoxy groups -OCH3 is 1. The zero-order valence-corrected chi connectivity index (χ0v) is 33.0. The Morgan fingerprint density at radius 1 is 1.00 bits per heavy atom. The van der Waals surface area contributed by atoms with Crippen LogP contribution in [0.5, 0.6) is 17.2 Å². The molecule has 0 radical (unpaired) electrons. The molecule has 8 aliphatic rings. The third-order valence-electron chi connectivity index (χ3n) is 12.6. The number of esters is 2. The van der Waals surface area contributed by atoms with Crippen molar-refractivity contribution in [1.29, 1.82) is 5.26 Å². The molecule has 0 aromatic heterocycles. The van der Waals surface area contributed by atoms with Crippen LogP contribution in [0.3, 0.4) is 0 Å². The van der Waals surface area contributed by atoms with Crippen LogP contribution in [0.4, 0.5) is 0 Å². The minimum absolute atomic E-state index is 0.00891. The molecule has 5 aliphatic heterocycles. The topological polar surface area (TPSA) is 156 Å². The molecule has 55 heavy (non-hydrogen) atoms. The van der Waals surface area contributed by atoms with Gasteiger partial charge in [0.1, 0.15) is 34.5 Å². The van der Waals surface area contributed by atoms with Gasteiger partial charge in [-0.1, -0.05) is 29.4 Å². The van der Waals surface area contributed by atoms with Crippen molar-refractivity contribution in [2.45, 2.75) is 116 Å². The molecule has 4 bridgehead atoms. The Kier molecular flexibility index (Phi) is 8.19. The predicted octanol–water partition coefficient (Wildman–Crippen LogP) is 7.24. The number of nitrogens with zero attached hydrogens (tertiary/aromatic N) is 1. The van der Waals surface area contributed by atoms with Crippen LogP contribution in [0.2, 0.25) is 0 Å². The number of fused-ring (bicyclic) bond motifs is 3. The Hall–Kier alpha value is -5.08. The summed E-state index contributed by atoms with van der Waals surface area (Å²) in [6, 6.07) is 2.25. The van der Waals surface area contributed by atoms with Gasteiger partial charge in [-0.25, -0.2) is 4.79 Å². The lowest BCUT2D eigenvalue weighted by Crippen LogP contribution is -2.75. The zero-order chi connectivity index (χ0) is 39.6. The Balaban J connectivity index is 1.46. The van der Waals surface area contributed by atoms with Gasteiger partial charge >= 0.3 is 11.9 Å². The molecule has 4 fully saturated rings. The Bertz CT molecular complexity index is 2240. The zero-order valence-electron chi connectivity index (χ0n) is 33.0. The smallest absolute Gasteiger partial charge is 0.333 e. The second-order valence-electron chi connectivity index (χ2n) is 17.2. The first-order chi connectivity index (χ1) is 25.9. The Morgan fingerprint density at radius 2 is 1.71 bits per heavy atom.